The number of alkyl halides is 1. The molecule has 27 heavy (non-hydrogen) atoms. The first-order chi connectivity index (χ1) is 13.2. The Morgan fingerprint density at radius 2 is 1.41 bits per heavy atom. The van der Waals surface area contributed by atoms with Crippen molar-refractivity contribution in [2.45, 2.75) is 13.3 Å². The molecule has 0 N–H and O–H groups in total. The number of halogens is 2. The highest BCUT2D eigenvalue weighted by atomic mass is 79.9. The second-order valence-corrected chi connectivity index (χ2v) is 7.37. The molecule has 0 aromatic heterocycles. The molecule has 1 nitrogen and oxygen atoms in total. The van der Waals surface area contributed by atoms with E-state index < -0.39 is 0 Å². The summed E-state index contributed by atoms with van der Waals surface area (Å²) in [6.45, 7) is 2.86. The molecule has 0 aliphatic carbocycles. The lowest BCUT2D eigenvalue weighted by atomic mass is 9.88. The van der Waals surface area contributed by atoms with Gasteiger partial charge in [0.2, 0.25) is 0 Å². The summed E-state index contributed by atoms with van der Waals surface area (Å²) >= 11 is 9.52. The Hall–Kier alpha value is -2.03. The second-order valence-electron chi connectivity index (χ2n) is 6.14. The van der Waals surface area contributed by atoms with E-state index in [4.69, 9.17) is 16.3 Å². The van der Waals surface area contributed by atoms with Crippen LogP contribution in [0.3, 0.4) is 0 Å². The molecule has 3 aromatic carbocycles. The van der Waals surface area contributed by atoms with Crippen LogP contribution in [0.2, 0.25) is 5.02 Å². The minimum atomic E-state index is 0.656. The number of benzene rings is 3. The Morgan fingerprint density at radius 3 is 1.96 bits per heavy atom. The highest BCUT2D eigenvalue weighted by molar-refractivity contribution is 9.09. The molecule has 0 fully saturated rings. The van der Waals surface area contributed by atoms with E-state index in [0.29, 0.717) is 6.61 Å². The van der Waals surface area contributed by atoms with Gasteiger partial charge in [0.1, 0.15) is 5.75 Å². The second kappa shape index (κ2) is 9.77. The van der Waals surface area contributed by atoms with Gasteiger partial charge in [-0.2, -0.15) is 0 Å². The first kappa shape index (κ1) is 19.7. The molecule has 0 aliphatic heterocycles. The summed E-state index contributed by atoms with van der Waals surface area (Å²) in [4.78, 5) is 0. The third kappa shape index (κ3) is 5.03. The van der Waals surface area contributed by atoms with Crippen molar-refractivity contribution in [3.8, 4) is 5.75 Å². The van der Waals surface area contributed by atoms with Crippen LogP contribution < -0.4 is 4.74 Å². The van der Waals surface area contributed by atoms with Crippen LogP contribution in [0.5, 0.6) is 5.75 Å². The smallest absolute Gasteiger partial charge is 0.119 e. The van der Waals surface area contributed by atoms with Gasteiger partial charge >= 0.3 is 0 Å². The molecule has 0 unspecified atom stereocenters. The average molecular weight is 442 g/mol. The zero-order chi connectivity index (χ0) is 19.1. The van der Waals surface area contributed by atoms with Crippen LogP contribution in [0, 0.1) is 0 Å². The zero-order valence-electron chi connectivity index (χ0n) is 15.3. The summed E-state index contributed by atoms with van der Waals surface area (Å²) in [6, 6.07) is 27.0. The van der Waals surface area contributed by atoms with Crippen molar-refractivity contribution in [2.24, 2.45) is 0 Å². The van der Waals surface area contributed by atoms with Crippen molar-refractivity contribution in [3.63, 3.8) is 0 Å². The third-order valence-electron chi connectivity index (χ3n) is 4.40. The van der Waals surface area contributed by atoms with Gasteiger partial charge in [0.15, 0.2) is 0 Å². The average Bonchev–Trinajstić information content (AvgIpc) is 2.72. The Bertz CT molecular complexity index is 884. The topological polar surface area (TPSA) is 9.23 Å². The molecule has 0 aliphatic rings. The van der Waals surface area contributed by atoms with E-state index in [1.807, 2.05) is 24.3 Å². The van der Waals surface area contributed by atoms with E-state index in [2.05, 4.69) is 77.5 Å². The summed E-state index contributed by atoms with van der Waals surface area (Å²) in [5.41, 5.74) is 6.11. The highest BCUT2D eigenvalue weighted by Gasteiger charge is 2.13. The van der Waals surface area contributed by atoms with Crippen molar-refractivity contribution >= 4 is 38.7 Å². The SMILES string of the molecule is CC/C(=C(\c1ccc(Cl)cc1)c1ccc(OCCBr)cc1)c1ccccc1. The van der Waals surface area contributed by atoms with Gasteiger partial charge in [-0.1, -0.05) is 89.1 Å². The van der Waals surface area contributed by atoms with Crippen molar-refractivity contribution in [1.82, 2.24) is 0 Å². The minimum absolute atomic E-state index is 0.656. The lowest BCUT2D eigenvalue weighted by Gasteiger charge is -2.17. The summed E-state index contributed by atoms with van der Waals surface area (Å²) in [5, 5.41) is 1.56. The molecule has 0 saturated heterocycles. The quantitative estimate of drug-likeness (QED) is 0.273. The molecule has 0 atom stereocenters. The van der Waals surface area contributed by atoms with Crippen LogP contribution in [0.25, 0.3) is 11.1 Å². The first-order valence-electron chi connectivity index (χ1n) is 9.06. The summed E-state index contributed by atoms with van der Waals surface area (Å²) in [5.74, 6) is 0.881. The van der Waals surface area contributed by atoms with Crippen LogP contribution in [0.4, 0.5) is 0 Å². The normalized spacial score (nSPS) is 11.8. The number of hydrogen-bond donors (Lipinski definition) is 0. The van der Waals surface area contributed by atoms with Gasteiger partial charge in [0.25, 0.3) is 0 Å². The molecule has 0 bridgehead atoms. The molecule has 0 saturated carbocycles. The fraction of sp³-hybridized carbons (Fsp3) is 0.167. The molecule has 3 rings (SSSR count). The molecular weight excluding hydrogens is 420 g/mol. The summed E-state index contributed by atoms with van der Waals surface area (Å²) < 4.78 is 5.70. The van der Waals surface area contributed by atoms with Crippen LogP contribution in [-0.4, -0.2) is 11.9 Å². The Kier molecular flexibility index (Phi) is 7.14. The van der Waals surface area contributed by atoms with E-state index in [1.54, 1.807) is 0 Å². The lowest BCUT2D eigenvalue weighted by molar-refractivity contribution is 0.345. The van der Waals surface area contributed by atoms with Gasteiger partial charge in [-0.3, -0.25) is 0 Å². The number of rotatable bonds is 7. The highest BCUT2D eigenvalue weighted by Crippen LogP contribution is 2.35. The first-order valence-corrected chi connectivity index (χ1v) is 10.6. The van der Waals surface area contributed by atoms with Crippen molar-refractivity contribution in [3.05, 3.63) is 101 Å². The largest absolute Gasteiger partial charge is 0.493 e. The van der Waals surface area contributed by atoms with Crippen LogP contribution >= 0.6 is 27.5 Å². The Labute approximate surface area is 174 Å². The molecule has 3 heteroatoms. The van der Waals surface area contributed by atoms with Gasteiger partial charge in [0.05, 0.1) is 6.61 Å². The van der Waals surface area contributed by atoms with Crippen LogP contribution in [-0.2, 0) is 0 Å². The number of hydrogen-bond acceptors (Lipinski definition) is 1. The van der Waals surface area contributed by atoms with Crippen molar-refractivity contribution in [1.29, 1.82) is 0 Å². The summed E-state index contributed by atoms with van der Waals surface area (Å²) in [6.07, 6.45) is 0.934. The Balaban J connectivity index is 2.13. The molecule has 138 valence electrons. The zero-order valence-corrected chi connectivity index (χ0v) is 17.6. The maximum Gasteiger partial charge on any atom is 0.119 e. The summed E-state index contributed by atoms with van der Waals surface area (Å²) in [7, 11) is 0. The predicted octanol–water partition coefficient (Wildman–Crippen LogP) is 7.48. The van der Waals surface area contributed by atoms with Crippen LogP contribution in [0.1, 0.15) is 30.0 Å². The molecule has 0 amide bonds. The molecule has 3 aromatic rings. The fourth-order valence-electron chi connectivity index (χ4n) is 3.17. The number of ether oxygens (including phenoxy) is 1. The maximum atomic E-state index is 6.13. The molecule has 0 heterocycles. The van der Waals surface area contributed by atoms with Gasteiger partial charge in [0, 0.05) is 10.4 Å². The van der Waals surface area contributed by atoms with E-state index in [1.165, 1.54) is 22.3 Å². The monoisotopic (exact) mass is 440 g/mol. The standard InChI is InChI=1S/C24H22BrClO/c1-2-23(18-6-4-3-5-7-18)24(19-8-12-21(26)13-9-19)20-10-14-22(15-11-20)27-17-16-25/h3-15H,2,16-17H2,1H3/b24-23-. The molecule has 0 spiro atoms. The molecule has 0 radical (unpaired) electrons. The van der Waals surface area contributed by atoms with Crippen molar-refractivity contribution in [2.75, 3.05) is 11.9 Å². The predicted molar refractivity (Wildman–Crippen MR) is 120 cm³/mol. The lowest BCUT2D eigenvalue weighted by Crippen LogP contribution is -1.98. The fourth-order valence-corrected chi connectivity index (χ4v) is 3.46. The minimum Gasteiger partial charge on any atom is -0.493 e. The van der Waals surface area contributed by atoms with E-state index in [0.717, 1.165) is 28.1 Å². The van der Waals surface area contributed by atoms with E-state index in [9.17, 15) is 0 Å². The third-order valence-corrected chi connectivity index (χ3v) is 4.98. The van der Waals surface area contributed by atoms with Crippen molar-refractivity contribution < 1.29 is 4.74 Å². The van der Waals surface area contributed by atoms with Gasteiger partial charge in [-0.15, -0.1) is 0 Å². The van der Waals surface area contributed by atoms with E-state index >= 15 is 0 Å². The molecular formula is C24H22BrClO. The van der Waals surface area contributed by atoms with Gasteiger partial charge in [-0.25, -0.2) is 0 Å². The van der Waals surface area contributed by atoms with Crippen LogP contribution in [0.15, 0.2) is 78.9 Å². The number of allylic oxidation sites excluding steroid dienone is 1. The van der Waals surface area contributed by atoms with E-state index in [-0.39, 0.29) is 0 Å². The van der Waals surface area contributed by atoms with Gasteiger partial charge in [-0.05, 0) is 58.5 Å². The van der Waals surface area contributed by atoms with Gasteiger partial charge < -0.3 is 4.74 Å². The maximum absolute atomic E-state index is 6.13. The Morgan fingerprint density at radius 1 is 0.815 bits per heavy atom.